The van der Waals surface area contributed by atoms with Gasteiger partial charge in [0.15, 0.2) is 0 Å². The number of halogens is 2. The Morgan fingerprint density at radius 1 is 1.56 bits per heavy atom. The molecule has 0 saturated heterocycles. The molecule has 0 aliphatic heterocycles. The van der Waals surface area contributed by atoms with Gasteiger partial charge < -0.3 is 5.73 Å². The Kier molecular flexibility index (Phi) is 3.35. The SMILES string of the molecule is CC1(C)CC1C(N)Cc1ccc(Br)cc1Cl. The van der Waals surface area contributed by atoms with E-state index in [1.54, 1.807) is 0 Å². The van der Waals surface area contributed by atoms with E-state index in [9.17, 15) is 0 Å². The maximum Gasteiger partial charge on any atom is 0.0449 e. The lowest BCUT2D eigenvalue weighted by Gasteiger charge is -2.14. The van der Waals surface area contributed by atoms with Crippen molar-refractivity contribution >= 4 is 27.5 Å². The fourth-order valence-corrected chi connectivity index (χ4v) is 3.07. The number of hydrogen-bond donors (Lipinski definition) is 1. The minimum atomic E-state index is 0.230. The molecule has 1 nitrogen and oxygen atoms in total. The Balaban J connectivity index is 2.04. The van der Waals surface area contributed by atoms with Crippen molar-refractivity contribution in [3.8, 4) is 0 Å². The van der Waals surface area contributed by atoms with Crippen LogP contribution in [0.3, 0.4) is 0 Å². The van der Waals surface area contributed by atoms with Crippen LogP contribution in [0, 0.1) is 11.3 Å². The molecule has 1 aromatic rings. The van der Waals surface area contributed by atoms with Gasteiger partial charge in [0, 0.05) is 15.5 Å². The van der Waals surface area contributed by atoms with E-state index in [4.69, 9.17) is 17.3 Å². The van der Waals surface area contributed by atoms with E-state index >= 15 is 0 Å². The molecule has 16 heavy (non-hydrogen) atoms. The van der Waals surface area contributed by atoms with Gasteiger partial charge in [-0.25, -0.2) is 0 Å². The van der Waals surface area contributed by atoms with Crippen LogP contribution in [0.1, 0.15) is 25.8 Å². The van der Waals surface area contributed by atoms with Gasteiger partial charge in [0.05, 0.1) is 0 Å². The molecule has 88 valence electrons. The second-order valence-corrected chi connectivity index (χ2v) is 6.73. The highest BCUT2D eigenvalue weighted by Crippen LogP contribution is 2.53. The molecule has 3 heteroatoms. The third-order valence-electron chi connectivity index (χ3n) is 3.58. The summed E-state index contributed by atoms with van der Waals surface area (Å²) in [5.41, 5.74) is 7.81. The van der Waals surface area contributed by atoms with E-state index in [2.05, 4.69) is 35.8 Å². The molecule has 2 N–H and O–H groups in total. The van der Waals surface area contributed by atoms with Gasteiger partial charge in [-0.1, -0.05) is 47.4 Å². The Morgan fingerprint density at radius 3 is 2.69 bits per heavy atom. The van der Waals surface area contributed by atoms with Crippen molar-refractivity contribution in [2.75, 3.05) is 0 Å². The highest BCUT2D eigenvalue weighted by molar-refractivity contribution is 9.10. The average molecular weight is 303 g/mol. The zero-order valence-electron chi connectivity index (χ0n) is 9.63. The molecule has 0 bridgehead atoms. The van der Waals surface area contributed by atoms with Crippen LogP contribution < -0.4 is 5.73 Å². The first-order valence-corrected chi connectivity index (χ1v) is 6.77. The smallest absolute Gasteiger partial charge is 0.0449 e. The molecule has 2 rings (SSSR count). The molecule has 1 aliphatic rings. The van der Waals surface area contributed by atoms with Crippen molar-refractivity contribution in [2.24, 2.45) is 17.1 Å². The van der Waals surface area contributed by atoms with E-state index in [0.717, 1.165) is 21.5 Å². The quantitative estimate of drug-likeness (QED) is 0.896. The molecule has 0 amide bonds. The van der Waals surface area contributed by atoms with Crippen molar-refractivity contribution in [3.05, 3.63) is 33.3 Å². The Hall–Kier alpha value is -0.0500. The zero-order valence-corrected chi connectivity index (χ0v) is 12.0. The van der Waals surface area contributed by atoms with Crippen LogP contribution in [0.25, 0.3) is 0 Å². The molecule has 1 aliphatic carbocycles. The third-order valence-corrected chi connectivity index (χ3v) is 4.42. The van der Waals surface area contributed by atoms with Crippen molar-refractivity contribution in [3.63, 3.8) is 0 Å². The topological polar surface area (TPSA) is 26.0 Å². The first kappa shape index (κ1) is 12.4. The van der Waals surface area contributed by atoms with Crippen LogP contribution in [-0.2, 0) is 6.42 Å². The molecule has 2 atom stereocenters. The number of benzene rings is 1. The van der Waals surface area contributed by atoms with E-state index in [1.165, 1.54) is 6.42 Å². The average Bonchev–Trinajstić information content (AvgIpc) is 2.80. The van der Waals surface area contributed by atoms with Crippen LogP contribution in [0.4, 0.5) is 0 Å². The van der Waals surface area contributed by atoms with E-state index in [1.807, 2.05) is 12.1 Å². The van der Waals surface area contributed by atoms with Crippen molar-refractivity contribution in [2.45, 2.75) is 32.7 Å². The number of nitrogens with two attached hydrogens (primary N) is 1. The summed E-state index contributed by atoms with van der Waals surface area (Å²) in [5.74, 6) is 0.646. The monoisotopic (exact) mass is 301 g/mol. The van der Waals surface area contributed by atoms with Crippen molar-refractivity contribution in [1.82, 2.24) is 0 Å². The molecule has 1 aromatic carbocycles. The van der Waals surface area contributed by atoms with Crippen LogP contribution in [0.15, 0.2) is 22.7 Å². The first-order chi connectivity index (χ1) is 7.40. The van der Waals surface area contributed by atoms with E-state index < -0.39 is 0 Å². The lowest BCUT2D eigenvalue weighted by molar-refractivity contribution is 0.476. The van der Waals surface area contributed by atoms with Gasteiger partial charge in [-0.15, -0.1) is 0 Å². The summed E-state index contributed by atoms with van der Waals surface area (Å²) < 4.78 is 1.02. The lowest BCUT2D eigenvalue weighted by Crippen LogP contribution is -2.27. The summed E-state index contributed by atoms with van der Waals surface area (Å²) in [7, 11) is 0. The number of hydrogen-bond acceptors (Lipinski definition) is 1. The maximum atomic E-state index is 6.22. The standard InChI is InChI=1S/C13H17BrClN/c1-13(2)7-10(13)12(16)5-8-3-4-9(14)6-11(8)15/h3-4,6,10,12H,5,7,16H2,1-2H3. The largest absolute Gasteiger partial charge is 0.327 e. The van der Waals surface area contributed by atoms with Crippen LogP contribution in [0.5, 0.6) is 0 Å². The van der Waals surface area contributed by atoms with Crippen LogP contribution in [0.2, 0.25) is 5.02 Å². The highest BCUT2D eigenvalue weighted by Gasteiger charge is 2.48. The molecule has 0 spiro atoms. The van der Waals surface area contributed by atoms with Gasteiger partial charge >= 0.3 is 0 Å². The molecule has 2 unspecified atom stereocenters. The fourth-order valence-electron chi connectivity index (χ4n) is 2.32. The highest BCUT2D eigenvalue weighted by atomic mass is 79.9. The van der Waals surface area contributed by atoms with E-state index in [-0.39, 0.29) is 6.04 Å². The van der Waals surface area contributed by atoms with Crippen molar-refractivity contribution < 1.29 is 0 Å². The molecular formula is C13H17BrClN. The summed E-state index contributed by atoms with van der Waals surface area (Å²) in [6.45, 7) is 4.56. The Bertz CT molecular complexity index is 403. The van der Waals surface area contributed by atoms with Crippen LogP contribution >= 0.6 is 27.5 Å². The Labute approximate surface area is 110 Å². The number of rotatable bonds is 3. The maximum absolute atomic E-state index is 6.22. The normalized spacial score (nSPS) is 24.2. The molecule has 1 saturated carbocycles. The van der Waals surface area contributed by atoms with Crippen LogP contribution in [-0.4, -0.2) is 6.04 Å². The van der Waals surface area contributed by atoms with Gasteiger partial charge in [0.1, 0.15) is 0 Å². The molecular weight excluding hydrogens is 286 g/mol. The summed E-state index contributed by atoms with van der Waals surface area (Å²) in [5, 5.41) is 0.809. The summed E-state index contributed by atoms with van der Waals surface area (Å²) in [4.78, 5) is 0. The second-order valence-electron chi connectivity index (χ2n) is 5.40. The summed E-state index contributed by atoms with van der Waals surface area (Å²) in [6.07, 6.45) is 2.11. The minimum Gasteiger partial charge on any atom is -0.327 e. The zero-order chi connectivity index (χ0) is 11.9. The molecule has 0 heterocycles. The first-order valence-electron chi connectivity index (χ1n) is 5.59. The fraction of sp³-hybridized carbons (Fsp3) is 0.538. The predicted molar refractivity (Wildman–Crippen MR) is 72.7 cm³/mol. The summed E-state index contributed by atoms with van der Waals surface area (Å²) >= 11 is 9.59. The third kappa shape index (κ3) is 2.61. The van der Waals surface area contributed by atoms with Gasteiger partial charge in [-0.05, 0) is 41.9 Å². The summed E-state index contributed by atoms with van der Waals surface area (Å²) in [6, 6.07) is 6.24. The lowest BCUT2D eigenvalue weighted by atomic mass is 9.98. The van der Waals surface area contributed by atoms with Gasteiger partial charge in [-0.3, -0.25) is 0 Å². The van der Waals surface area contributed by atoms with Gasteiger partial charge in [-0.2, -0.15) is 0 Å². The predicted octanol–water partition coefficient (Wildman–Crippen LogP) is 4.02. The van der Waals surface area contributed by atoms with Gasteiger partial charge in [0.2, 0.25) is 0 Å². The van der Waals surface area contributed by atoms with E-state index in [0.29, 0.717) is 11.3 Å². The van der Waals surface area contributed by atoms with Crippen molar-refractivity contribution in [1.29, 1.82) is 0 Å². The molecule has 1 fully saturated rings. The molecule has 0 radical (unpaired) electrons. The molecule has 0 aromatic heterocycles. The Morgan fingerprint density at radius 2 is 2.19 bits per heavy atom. The second kappa shape index (κ2) is 4.32. The minimum absolute atomic E-state index is 0.230. The van der Waals surface area contributed by atoms with Gasteiger partial charge in [0.25, 0.3) is 0 Å².